The fraction of sp³-hybridized carbons (Fsp3) is 0.0588. The summed E-state index contributed by atoms with van der Waals surface area (Å²) in [5, 5.41) is 14.2. The molecule has 2 aromatic carbocycles. The van der Waals surface area contributed by atoms with Crippen molar-refractivity contribution in [2.24, 2.45) is 5.18 Å². The third kappa shape index (κ3) is 2.10. The van der Waals surface area contributed by atoms with Crippen LogP contribution in [0.15, 0.2) is 58.3 Å². The molecule has 1 aliphatic carbocycles. The summed E-state index contributed by atoms with van der Waals surface area (Å²) in [6, 6.07) is 12.1. The molecule has 0 spiro atoms. The molecule has 1 aromatic heterocycles. The van der Waals surface area contributed by atoms with E-state index in [1.54, 1.807) is 30.3 Å². The number of allylic oxidation sites excluding steroid dienone is 1. The molecule has 1 atom stereocenters. The first-order valence-electron chi connectivity index (χ1n) is 7.21. The Hall–Kier alpha value is -2.77. The van der Waals surface area contributed by atoms with E-state index >= 15 is 0 Å². The standard InChI is InChI=1S/C17H12N2O4S/c20-14-7-9-5-6-10(24(22)23)8-12(9)15(14)17-16(19-21)11-3-1-2-4-13(11)18-17/h1-6,8,18,20H,7H2,(H,22,23). The van der Waals surface area contributed by atoms with Crippen molar-refractivity contribution in [3.05, 3.63) is 70.0 Å². The van der Waals surface area contributed by atoms with Gasteiger partial charge in [-0.25, -0.2) is 4.21 Å². The fourth-order valence-corrected chi connectivity index (χ4v) is 3.56. The highest BCUT2D eigenvalue weighted by atomic mass is 32.2. The third-order valence-corrected chi connectivity index (χ3v) is 4.88. The molecule has 24 heavy (non-hydrogen) atoms. The molecule has 120 valence electrons. The zero-order chi connectivity index (χ0) is 16.8. The van der Waals surface area contributed by atoms with Gasteiger partial charge in [-0.2, -0.15) is 0 Å². The largest absolute Gasteiger partial charge is 0.511 e. The Morgan fingerprint density at radius 2 is 1.96 bits per heavy atom. The topological polar surface area (TPSA) is 103 Å². The summed E-state index contributed by atoms with van der Waals surface area (Å²) in [6.45, 7) is 0. The van der Waals surface area contributed by atoms with Gasteiger partial charge >= 0.3 is 0 Å². The van der Waals surface area contributed by atoms with Crippen LogP contribution in [-0.4, -0.2) is 18.9 Å². The SMILES string of the molecule is O=Nc1c(C2=C(O)Cc3ccc(S(=O)O)cc32)[nH]c2ccccc12. The number of fused-ring (bicyclic) bond motifs is 2. The van der Waals surface area contributed by atoms with E-state index in [1.165, 1.54) is 0 Å². The molecular weight excluding hydrogens is 328 g/mol. The van der Waals surface area contributed by atoms with E-state index in [0.717, 1.165) is 11.1 Å². The summed E-state index contributed by atoms with van der Waals surface area (Å²) in [5.41, 5.74) is 3.27. The monoisotopic (exact) mass is 340 g/mol. The van der Waals surface area contributed by atoms with Crippen molar-refractivity contribution in [2.75, 3.05) is 0 Å². The first-order chi connectivity index (χ1) is 11.6. The molecule has 6 nitrogen and oxygen atoms in total. The van der Waals surface area contributed by atoms with Gasteiger partial charge in [0.05, 0.1) is 10.6 Å². The summed E-state index contributed by atoms with van der Waals surface area (Å²) < 4.78 is 20.7. The Bertz CT molecular complexity index is 1050. The van der Waals surface area contributed by atoms with Gasteiger partial charge in [0, 0.05) is 22.9 Å². The van der Waals surface area contributed by atoms with Gasteiger partial charge in [-0.1, -0.05) is 24.3 Å². The Morgan fingerprint density at radius 3 is 2.71 bits per heavy atom. The van der Waals surface area contributed by atoms with Gasteiger partial charge in [0.15, 0.2) is 11.1 Å². The number of nitroso groups, excluding NO2 is 1. The molecule has 1 heterocycles. The van der Waals surface area contributed by atoms with Crippen LogP contribution in [0.3, 0.4) is 0 Å². The average Bonchev–Trinajstić information content (AvgIpc) is 3.09. The Balaban J connectivity index is 1.99. The zero-order valence-corrected chi connectivity index (χ0v) is 13.1. The molecule has 4 rings (SSSR count). The summed E-state index contributed by atoms with van der Waals surface area (Å²) in [5.74, 6) is 0.0994. The number of rotatable bonds is 3. The van der Waals surface area contributed by atoms with E-state index in [1.807, 2.05) is 12.1 Å². The van der Waals surface area contributed by atoms with Crippen molar-refractivity contribution in [3.63, 3.8) is 0 Å². The van der Waals surface area contributed by atoms with Crippen LogP contribution in [-0.2, 0) is 17.5 Å². The first-order valence-corrected chi connectivity index (χ1v) is 8.31. The predicted octanol–water partition coefficient (Wildman–Crippen LogP) is 4.02. The van der Waals surface area contributed by atoms with E-state index in [9.17, 15) is 18.8 Å². The Morgan fingerprint density at radius 1 is 1.17 bits per heavy atom. The molecule has 0 fully saturated rings. The number of para-hydroxylation sites is 1. The molecule has 0 bridgehead atoms. The lowest BCUT2D eigenvalue weighted by molar-refractivity contribution is 0.405. The van der Waals surface area contributed by atoms with E-state index in [-0.39, 0.29) is 16.3 Å². The summed E-state index contributed by atoms with van der Waals surface area (Å²) in [6.07, 6.45) is 0.302. The van der Waals surface area contributed by atoms with Crippen LogP contribution in [0.4, 0.5) is 5.69 Å². The third-order valence-electron chi connectivity index (χ3n) is 4.22. The van der Waals surface area contributed by atoms with Crippen molar-refractivity contribution >= 4 is 33.2 Å². The van der Waals surface area contributed by atoms with Crippen molar-refractivity contribution in [3.8, 4) is 0 Å². The smallest absolute Gasteiger partial charge is 0.186 e. The second-order valence-electron chi connectivity index (χ2n) is 5.55. The van der Waals surface area contributed by atoms with Crippen molar-refractivity contribution in [2.45, 2.75) is 11.3 Å². The van der Waals surface area contributed by atoms with Gasteiger partial charge in [-0.15, -0.1) is 4.91 Å². The van der Waals surface area contributed by atoms with Gasteiger partial charge < -0.3 is 14.6 Å². The fourth-order valence-electron chi connectivity index (χ4n) is 3.16. The van der Waals surface area contributed by atoms with Gasteiger partial charge in [0.2, 0.25) is 0 Å². The first kappa shape index (κ1) is 14.8. The zero-order valence-electron chi connectivity index (χ0n) is 12.3. The number of benzene rings is 2. The Kier molecular flexibility index (Phi) is 3.33. The molecule has 7 heteroatoms. The van der Waals surface area contributed by atoms with Gasteiger partial charge in [-0.3, -0.25) is 0 Å². The molecule has 3 N–H and O–H groups in total. The molecule has 0 aliphatic heterocycles. The molecule has 0 saturated heterocycles. The highest BCUT2D eigenvalue weighted by Gasteiger charge is 2.28. The Labute approximate surface area is 139 Å². The number of nitrogens with one attached hydrogen (secondary N) is 1. The summed E-state index contributed by atoms with van der Waals surface area (Å²) >= 11 is -2.13. The van der Waals surface area contributed by atoms with Crippen LogP contribution in [0.1, 0.15) is 16.8 Å². The highest BCUT2D eigenvalue weighted by Crippen LogP contribution is 2.43. The van der Waals surface area contributed by atoms with Crippen LogP contribution < -0.4 is 0 Å². The van der Waals surface area contributed by atoms with Crippen LogP contribution in [0.25, 0.3) is 16.5 Å². The minimum absolute atomic E-state index is 0.0994. The quantitative estimate of drug-likeness (QED) is 0.495. The van der Waals surface area contributed by atoms with E-state index < -0.39 is 11.1 Å². The highest BCUT2D eigenvalue weighted by molar-refractivity contribution is 7.79. The number of aromatic amines is 1. The minimum atomic E-state index is -2.13. The van der Waals surface area contributed by atoms with Gasteiger partial charge in [-0.05, 0) is 34.5 Å². The van der Waals surface area contributed by atoms with Gasteiger partial charge in [0.25, 0.3) is 0 Å². The van der Waals surface area contributed by atoms with E-state index in [2.05, 4.69) is 10.2 Å². The second-order valence-corrected chi connectivity index (χ2v) is 6.52. The average molecular weight is 340 g/mol. The number of H-pyrrole nitrogens is 1. The molecule has 3 aromatic rings. The van der Waals surface area contributed by atoms with Crippen LogP contribution >= 0.6 is 0 Å². The number of hydrogen-bond donors (Lipinski definition) is 3. The molecule has 1 unspecified atom stereocenters. The maximum atomic E-state index is 11.4. The number of nitrogens with zero attached hydrogens (tertiary/aromatic N) is 1. The molecular formula is C17H12N2O4S. The summed E-state index contributed by atoms with van der Waals surface area (Å²) in [7, 11) is 0. The molecule has 0 saturated carbocycles. The lowest BCUT2D eigenvalue weighted by atomic mass is 10.0. The number of aliphatic hydroxyl groups excluding tert-OH is 1. The van der Waals surface area contributed by atoms with Crippen molar-refractivity contribution < 1.29 is 13.9 Å². The molecule has 0 amide bonds. The number of aliphatic hydroxyl groups is 1. The lowest BCUT2D eigenvalue weighted by Gasteiger charge is -2.06. The lowest BCUT2D eigenvalue weighted by Crippen LogP contribution is -1.93. The molecule has 1 aliphatic rings. The number of aromatic nitrogens is 1. The molecule has 0 radical (unpaired) electrons. The summed E-state index contributed by atoms with van der Waals surface area (Å²) in [4.78, 5) is 14.8. The van der Waals surface area contributed by atoms with E-state index in [4.69, 9.17) is 0 Å². The number of hydrogen-bond acceptors (Lipinski definition) is 4. The predicted molar refractivity (Wildman–Crippen MR) is 91.6 cm³/mol. The van der Waals surface area contributed by atoms with Crippen molar-refractivity contribution in [1.29, 1.82) is 0 Å². The van der Waals surface area contributed by atoms with Crippen LogP contribution in [0, 0.1) is 4.91 Å². The van der Waals surface area contributed by atoms with Crippen LogP contribution in [0.5, 0.6) is 0 Å². The normalized spacial score (nSPS) is 14.9. The van der Waals surface area contributed by atoms with Gasteiger partial charge in [0.1, 0.15) is 11.4 Å². The van der Waals surface area contributed by atoms with E-state index in [0.29, 0.717) is 28.6 Å². The van der Waals surface area contributed by atoms with Crippen LogP contribution in [0.2, 0.25) is 0 Å². The second kappa shape index (κ2) is 5.40. The maximum Gasteiger partial charge on any atom is 0.186 e. The minimum Gasteiger partial charge on any atom is -0.511 e. The maximum absolute atomic E-state index is 11.4. The van der Waals surface area contributed by atoms with Crippen molar-refractivity contribution in [1.82, 2.24) is 4.98 Å².